The Labute approximate surface area is 227 Å². The molecule has 7 heteroatoms. The molecule has 0 spiro atoms. The zero-order valence-electron chi connectivity index (χ0n) is 21.6. The highest BCUT2D eigenvalue weighted by Gasteiger charge is 2.28. The number of hydrogen-bond donors (Lipinski definition) is 0. The average Bonchev–Trinajstić information content (AvgIpc) is 3.42. The van der Waals surface area contributed by atoms with Gasteiger partial charge >= 0.3 is 0 Å². The zero-order chi connectivity index (χ0) is 25.7. The molecule has 0 saturated carbocycles. The van der Waals surface area contributed by atoms with E-state index >= 15 is 0 Å². The van der Waals surface area contributed by atoms with Crippen LogP contribution in [0.2, 0.25) is 0 Å². The van der Waals surface area contributed by atoms with Gasteiger partial charge in [0, 0.05) is 59.8 Å². The lowest BCUT2D eigenvalue weighted by Crippen LogP contribution is -2.41. The molecule has 0 aliphatic carbocycles. The number of thiophene rings is 1. The van der Waals surface area contributed by atoms with Crippen LogP contribution in [-0.2, 0) is 16.1 Å². The maximum absolute atomic E-state index is 13.4. The molecule has 0 radical (unpaired) electrons. The van der Waals surface area contributed by atoms with Crippen molar-refractivity contribution in [2.45, 2.75) is 31.8 Å². The second-order valence-corrected chi connectivity index (χ2v) is 10.9. The Morgan fingerprint density at radius 1 is 1.05 bits per heavy atom. The molecule has 0 N–H and O–H groups in total. The molecule has 2 saturated heterocycles. The molecule has 2 aromatic heterocycles. The number of likely N-dealkylation sites (tertiary alicyclic amines) is 1. The van der Waals surface area contributed by atoms with E-state index in [4.69, 9.17) is 9.47 Å². The third kappa shape index (κ3) is 5.46. The van der Waals surface area contributed by atoms with Crippen molar-refractivity contribution < 1.29 is 14.3 Å². The summed E-state index contributed by atoms with van der Waals surface area (Å²) in [4.78, 5) is 22.1. The molecule has 196 valence electrons. The number of carbonyl (C=O) groups excluding carboxylic acids is 1. The van der Waals surface area contributed by atoms with Gasteiger partial charge in [-0.2, -0.15) is 0 Å². The maximum atomic E-state index is 13.4. The fourth-order valence-electron chi connectivity index (χ4n) is 5.59. The van der Waals surface area contributed by atoms with Crippen LogP contribution < -0.4 is 4.74 Å². The minimum Gasteiger partial charge on any atom is -0.483 e. The Morgan fingerprint density at radius 3 is 2.82 bits per heavy atom. The van der Waals surface area contributed by atoms with E-state index in [1.165, 1.54) is 21.2 Å². The van der Waals surface area contributed by atoms with E-state index in [9.17, 15) is 4.79 Å². The van der Waals surface area contributed by atoms with Crippen molar-refractivity contribution in [2.24, 2.45) is 0 Å². The first kappa shape index (κ1) is 25.0. The molecule has 4 heterocycles. The fourth-order valence-corrected chi connectivity index (χ4v) is 6.55. The van der Waals surface area contributed by atoms with Crippen LogP contribution in [-0.4, -0.2) is 60.1 Å². The summed E-state index contributed by atoms with van der Waals surface area (Å²) in [7, 11) is 0. The topological polar surface area (TPSA) is 54.9 Å². The van der Waals surface area contributed by atoms with Crippen LogP contribution in [0, 0.1) is 0 Å². The fraction of sp³-hybridized carbons (Fsp3) is 0.355. The number of fused-ring (bicyclic) bond motifs is 1. The van der Waals surface area contributed by atoms with E-state index in [1.54, 1.807) is 17.5 Å². The molecule has 6 rings (SSSR count). The van der Waals surface area contributed by atoms with Crippen molar-refractivity contribution in [3.05, 3.63) is 83.5 Å². The Balaban J connectivity index is 1.24. The molecule has 0 unspecified atom stereocenters. The number of rotatable bonds is 7. The number of benzene rings is 2. The highest BCUT2D eigenvalue weighted by molar-refractivity contribution is 7.17. The SMILES string of the molecule is O=C(COc1ccc(-c2csc3ccccc23)cc1CN1CCOCC1)N1CCCC[C@@H]1c1cccnc1. The number of hydrogen-bond acceptors (Lipinski definition) is 6. The molecular weight excluding hydrogens is 494 g/mol. The van der Waals surface area contributed by atoms with E-state index in [0.717, 1.165) is 75.5 Å². The van der Waals surface area contributed by atoms with Gasteiger partial charge in [-0.15, -0.1) is 11.3 Å². The van der Waals surface area contributed by atoms with E-state index in [2.05, 4.69) is 57.7 Å². The molecule has 2 aromatic carbocycles. The van der Waals surface area contributed by atoms with Gasteiger partial charge in [-0.1, -0.05) is 30.3 Å². The van der Waals surface area contributed by atoms with Gasteiger partial charge in [0.2, 0.25) is 0 Å². The Kier molecular flexibility index (Phi) is 7.67. The summed E-state index contributed by atoms with van der Waals surface area (Å²) in [6, 6.07) is 19.0. The molecule has 2 aliphatic rings. The number of morpholine rings is 1. The first-order chi connectivity index (χ1) is 18.8. The van der Waals surface area contributed by atoms with Gasteiger partial charge in [-0.25, -0.2) is 0 Å². The summed E-state index contributed by atoms with van der Waals surface area (Å²) < 4.78 is 13.1. The minimum absolute atomic E-state index is 0.0313. The summed E-state index contributed by atoms with van der Waals surface area (Å²) in [5.41, 5.74) is 4.62. The van der Waals surface area contributed by atoms with Gasteiger partial charge in [0.25, 0.3) is 5.91 Å². The standard InChI is InChI=1S/C31H33N3O3S/c35-31(34-13-4-3-8-28(34)24-6-5-12-32-19-24)21-37-29-11-10-23(18-25(29)20-33-14-16-36-17-15-33)27-22-38-30-9-2-1-7-26(27)30/h1-2,5-7,9-12,18-19,22,28H,3-4,8,13-17,20-21H2/t28-/m1/s1. The third-order valence-electron chi connectivity index (χ3n) is 7.59. The summed E-state index contributed by atoms with van der Waals surface area (Å²) in [5, 5.41) is 3.50. The van der Waals surface area contributed by atoms with Crippen LogP contribution in [0.4, 0.5) is 0 Å². The summed E-state index contributed by atoms with van der Waals surface area (Å²) in [6.45, 7) is 4.84. The number of piperidine rings is 1. The highest BCUT2D eigenvalue weighted by atomic mass is 32.1. The van der Waals surface area contributed by atoms with E-state index in [1.807, 2.05) is 23.2 Å². The molecular formula is C31H33N3O3S. The summed E-state index contributed by atoms with van der Waals surface area (Å²) in [6.07, 6.45) is 6.76. The largest absolute Gasteiger partial charge is 0.483 e. The van der Waals surface area contributed by atoms with Crippen molar-refractivity contribution >= 4 is 27.3 Å². The number of nitrogens with zero attached hydrogens (tertiary/aromatic N) is 3. The van der Waals surface area contributed by atoms with Crippen molar-refractivity contribution in [2.75, 3.05) is 39.5 Å². The van der Waals surface area contributed by atoms with Crippen molar-refractivity contribution in [1.82, 2.24) is 14.8 Å². The molecule has 6 nitrogen and oxygen atoms in total. The third-order valence-corrected chi connectivity index (χ3v) is 8.56. The van der Waals surface area contributed by atoms with Gasteiger partial charge in [-0.05, 0) is 60.0 Å². The lowest BCUT2D eigenvalue weighted by Gasteiger charge is -2.36. The van der Waals surface area contributed by atoms with Gasteiger partial charge in [-0.3, -0.25) is 14.7 Å². The maximum Gasteiger partial charge on any atom is 0.261 e. The van der Waals surface area contributed by atoms with Gasteiger partial charge in [0.1, 0.15) is 5.75 Å². The highest BCUT2D eigenvalue weighted by Crippen LogP contribution is 2.36. The number of carbonyl (C=O) groups is 1. The quantitative estimate of drug-likeness (QED) is 0.298. The molecule has 2 fully saturated rings. The second-order valence-electron chi connectivity index (χ2n) is 10.0. The lowest BCUT2D eigenvalue weighted by molar-refractivity contribution is -0.137. The van der Waals surface area contributed by atoms with Crippen molar-refractivity contribution in [1.29, 1.82) is 0 Å². The van der Waals surface area contributed by atoms with Gasteiger partial charge in [0.15, 0.2) is 6.61 Å². The minimum atomic E-state index is 0.0313. The second kappa shape index (κ2) is 11.6. The smallest absolute Gasteiger partial charge is 0.261 e. The van der Waals surface area contributed by atoms with Crippen LogP contribution in [0.1, 0.15) is 36.4 Å². The Morgan fingerprint density at radius 2 is 1.95 bits per heavy atom. The number of pyridine rings is 1. The van der Waals surface area contributed by atoms with E-state index < -0.39 is 0 Å². The van der Waals surface area contributed by atoms with E-state index in [0.29, 0.717) is 0 Å². The normalized spacial score (nSPS) is 18.5. The summed E-state index contributed by atoms with van der Waals surface area (Å²) >= 11 is 1.77. The van der Waals surface area contributed by atoms with E-state index in [-0.39, 0.29) is 18.6 Å². The average molecular weight is 528 g/mol. The predicted molar refractivity (Wildman–Crippen MR) is 151 cm³/mol. The van der Waals surface area contributed by atoms with Crippen LogP contribution >= 0.6 is 11.3 Å². The van der Waals surface area contributed by atoms with Gasteiger partial charge < -0.3 is 14.4 Å². The lowest BCUT2D eigenvalue weighted by atomic mass is 9.96. The summed E-state index contributed by atoms with van der Waals surface area (Å²) in [5.74, 6) is 0.812. The molecule has 2 aliphatic heterocycles. The van der Waals surface area contributed by atoms with Crippen molar-refractivity contribution in [3.8, 4) is 16.9 Å². The first-order valence-electron chi connectivity index (χ1n) is 13.5. The van der Waals surface area contributed by atoms with Gasteiger partial charge in [0.05, 0.1) is 19.3 Å². The van der Waals surface area contributed by atoms with Crippen LogP contribution in [0.5, 0.6) is 5.75 Å². The number of aromatic nitrogens is 1. The first-order valence-corrected chi connectivity index (χ1v) is 14.4. The zero-order valence-corrected chi connectivity index (χ0v) is 22.4. The van der Waals surface area contributed by atoms with Crippen molar-refractivity contribution in [3.63, 3.8) is 0 Å². The van der Waals surface area contributed by atoms with Crippen LogP contribution in [0.25, 0.3) is 21.2 Å². The Hall–Kier alpha value is -3.26. The number of ether oxygens (including phenoxy) is 2. The molecule has 0 bridgehead atoms. The molecule has 1 atom stereocenters. The molecule has 38 heavy (non-hydrogen) atoms. The Bertz CT molecular complexity index is 1380. The molecule has 1 amide bonds. The molecule has 4 aromatic rings. The predicted octanol–water partition coefficient (Wildman–Crippen LogP) is 5.93. The van der Waals surface area contributed by atoms with Crippen LogP contribution in [0.3, 0.4) is 0 Å². The number of amides is 1. The monoisotopic (exact) mass is 527 g/mol. The van der Waals surface area contributed by atoms with Crippen LogP contribution in [0.15, 0.2) is 72.4 Å².